The van der Waals surface area contributed by atoms with Gasteiger partial charge in [-0.1, -0.05) is 30.5 Å². The first-order chi connectivity index (χ1) is 19.2. The average molecular weight is 585 g/mol. The summed E-state index contributed by atoms with van der Waals surface area (Å²) in [5.74, 6) is 0.373. The summed E-state index contributed by atoms with van der Waals surface area (Å²) >= 11 is 6.63. The fourth-order valence-corrected chi connectivity index (χ4v) is 6.45. The van der Waals surface area contributed by atoms with E-state index in [1.165, 1.54) is 16.8 Å². The van der Waals surface area contributed by atoms with Crippen LogP contribution in [0.3, 0.4) is 0 Å². The summed E-state index contributed by atoms with van der Waals surface area (Å²) in [5.41, 5.74) is 3.11. The third-order valence-corrected chi connectivity index (χ3v) is 9.18. The SMILES string of the molecule is CS(=O)(=O)N1CCC(Nc2ncc(C#N)c(-c3cnn(-c4ccc(CNC5CCCC[C@@H]5O)cc4Cl)c3)n2)CC1. The van der Waals surface area contributed by atoms with Crippen molar-refractivity contribution in [3.63, 3.8) is 0 Å². The largest absolute Gasteiger partial charge is 0.392 e. The van der Waals surface area contributed by atoms with Gasteiger partial charge in [-0.05, 0) is 43.4 Å². The Balaban J connectivity index is 1.28. The molecule has 0 spiro atoms. The maximum Gasteiger partial charge on any atom is 0.223 e. The monoisotopic (exact) mass is 584 g/mol. The van der Waals surface area contributed by atoms with Crippen molar-refractivity contribution in [2.45, 2.75) is 63.3 Å². The molecule has 40 heavy (non-hydrogen) atoms. The van der Waals surface area contributed by atoms with Gasteiger partial charge in [-0.15, -0.1) is 0 Å². The minimum Gasteiger partial charge on any atom is -0.392 e. The Labute approximate surface area is 239 Å². The number of nitriles is 1. The van der Waals surface area contributed by atoms with E-state index in [9.17, 15) is 18.8 Å². The maximum atomic E-state index is 11.8. The number of hydrogen-bond donors (Lipinski definition) is 3. The Morgan fingerprint density at radius 1 is 1.18 bits per heavy atom. The molecule has 11 nitrogen and oxygen atoms in total. The molecule has 1 unspecified atom stereocenters. The van der Waals surface area contributed by atoms with Crippen molar-refractivity contribution in [2.24, 2.45) is 0 Å². The van der Waals surface area contributed by atoms with Crippen molar-refractivity contribution in [3.05, 3.63) is 52.9 Å². The smallest absolute Gasteiger partial charge is 0.223 e. The zero-order chi connectivity index (χ0) is 28.3. The first-order valence-electron chi connectivity index (χ1n) is 13.5. The number of rotatable bonds is 8. The Hall–Kier alpha value is -3.08. The molecular formula is C27H33ClN8O3S. The first kappa shape index (κ1) is 28.4. The predicted molar refractivity (Wildman–Crippen MR) is 152 cm³/mol. The summed E-state index contributed by atoms with van der Waals surface area (Å²) in [5, 5.41) is 31.6. The number of nitrogens with one attached hydrogen (secondary N) is 2. The third kappa shape index (κ3) is 6.62. The molecule has 1 saturated heterocycles. The Morgan fingerprint density at radius 3 is 2.65 bits per heavy atom. The van der Waals surface area contributed by atoms with E-state index in [1.807, 2.05) is 18.2 Å². The summed E-state index contributed by atoms with van der Waals surface area (Å²) in [4.78, 5) is 8.90. The van der Waals surface area contributed by atoms with Crippen LogP contribution in [-0.2, 0) is 16.6 Å². The number of hydrogen-bond acceptors (Lipinski definition) is 9. The molecule has 3 aromatic rings. The molecule has 1 aliphatic heterocycles. The van der Waals surface area contributed by atoms with E-state index in [-0.39, 0.29) is 18.2 Å². The van der Waals surface area contributed by atoms with Gasteiger partial charge in [0.2, 0.25) is 16.0 Å². The van der Waals surface area contributed by atoms with Gasteiger partial charge < -0.3 is 15.7 Å². The summed E-state index contributed by atoms with van der Waals surface area (Å²) in [6, 6.07) is 8.04. The zero-order valence-electron chi connectivity index (χ0n) is 22.3. The van der Waals surface area contributed by atoms with Gasteiger partial charge in [0.1, 0.15) is 6.07 Å². The Kier molecular flexibility index (Phi) is 8.68. The lowest BCUT2D eigenvalue weighted by Crippen LogP contribution is -2.42. The maximum absolute atomic E-state index is 11.8. The quantitative estimate of drug-likeness (QED) is 0.363. The number of benzene rings is 1. The topological polar surface area (TPSA) is 149 Å². The van der Waals surface area contributed by atoms with Crippen molar-refractivity contribution in [2.75, 3.05) is 24.7 Å². The number of sulfonamides is 1. The van der Waals surface area contributed by atoms with E-state index < -0.39 is 10.0 Å². The second kappa shape index (κ2) is 12.2. The molecule has 2 atom stereocenters. The van der Waals surface area contributed by atoms with Crippen LogP contribution in [-0.4, -0.2) is 75.1 Å². The molecule has 2 aromatic heterocycles. The van der Waals surface area contributed by atoms with Crippen LogP contribution < -0.4 is 10.6 Å². The van der Waals surface area contributed by atoms with E-state index in [0.29, 0.717) is 66.0 Å². The van der Waals surface area contributed by atoms with Gasteiger partial charge in [0.05, 0.1) is 46.7 Å². The molecule has 0 amide bonds. The van der Waals surface area contributed by atoms with Crippen LogP contribution in [0.2, 0.25) is 5.02 Å². The molecule has 1 saturated carbocycles. The minimum atomic E-state index is -3.20. The molecule has 212 valence electrons. The summed E-state index contributed by atoms with van der Waals surface area (Å²) < 4.78 is 26.7. The number of halogens is 1. The predicted octanol–water partition coefficient (Wildman–Crippen LogP) is 3.08. The van der Waals surface area contributed by atoms with Crippen molar-refractivity contribution in [3.8, 4) is 23.0 Å². The van der Waals surface area contributed by atoms with Crippen molar-refractivity contribution < 1.29 is 13.5 Å². The number of anilines is 1. The van der Waals surface area contributed by atoms with Crippen LogP contribution in [0.25, 0.3) is 16.9 Å². The average Bonchev–Trinajstić information content (AvgIpc) is 3.42. The van der Waals surface area contributed by atoms with Crippen molar-refractivity contribution in [1.82, 2.24) is 29.4 Å². The van der Waals surface area contributed by atoms with E-state index in [2.05, 4.69) is 31.8 Å². The third-order valence-electron chi connectivity index (χ3n) is 7.58. The fourth-order valence-electron chi connectivity index (χ4n) is 5.29. The van der Waals surface area contributed by atoms with Crippen LogP contribution in [0.15, 0.2) is 36.8 Å². The Bertz CT molecular complexity index is 1500. The molecule has 13 heteroatoms. The van der Waals surface area contributed by atoms with Crippen LogP contribution in [0.1, 0.15) is 49.7 Å². The molecule has 1 aliphatic carbocycles. The van der Waals surface area contributed by atoms with Gasteiger partial charge in [-0.2, -0.15) is 10.4 Å². The molecule has 3 heterocycles. The highest BCUT2D eigenvalue weighted by Gasteiger charge is 2.26. The van der Waals surface area contributed by atoms with E-state index >= 15 is 0 Å². The van der Waals surface area contributed by atoms with Gasteiger partial charge in [-0.25, -0.2) is 27.4 Å². The highest BCUT2D eigenvalue weighted by molar-refractivity contribution is 7.88. The minimum absolute atomic E-state index is 0.0229. The number of piperidine rings is 1. The lowest BCUT2D eigenvalue weighted by molar-refractivity contribution is 0.0902. The number of aliphatic hydroxyl groups is 1. The van der Waals surface area contributed by atoms with Crippen LogP contribution in [0, 0.1) is 11.3 Å². The van der Waals surface area contributed by atoms with Crippen molar-refractivity contribution in [1.29, 1.82) is 5.26 Å². The van der Waals surface area contributed by atoms with Gasteiger partial charge in [0.25, 0.3) is 0 Å². The summed E-state index contributed by atoms with van der Waals surface area (Å²) in [6.45, 7) is 1.48. The van der Waals surface area contributed by atoms with Gasteiger partial charge in [-0.3, -0.25) is 0 Å². The molecule has 1 aromatic carbocycles. The standard InChI is InChI=1S/C27H33ClN8O3S/c1-40(38,39)35-10-8-21(9-11-35)33-27-31-15-19(13-29)26(34-27)20-16-32-36(17-20)24-7-6-18(12-22(24)28)14-30-23-4-2-3-5-25(23)37/h6-7,12,15-17,21,23,25,30,37H,2-5,8-11,14H2,1H3,(H,31,33,34)/t23?,25-/m0/s1. The van der Waals surface area contributed by atoms with Gasteiger partial charge in [0.15, 0.2) is 0 Å². The lowest BCUT2D eigenvalue weighted by Gasteiger charge is -2.30. The second-order valence-electron chi connectivity index (χ2n) is 10.4. The second-order valence-corrected chi connectivity index (χ2v) is 12.8. The summed E-state index contributed by atoms with van der Waals surface area (Å²) in [7, 11) is -3.20. The van der Waals surface area contributed by atoms with Crippen LogP contribution >= 0.6 is 11.6 Å². The van der Waals surface area contributed by atoms with E-state index in [1.54, 1.807) is 17.1 Å². The highest BCUT2D eigenvalue weighted by atomic mass is 35.5. The number of aliphatic hydroxyl groups excluding tert-OH is 1. The molecular weight excluding hydrogens is 552 g/mol. The molecule has 5 rings (SSSR count). The Morgan fingerprint density at radius 2 is 1.95 bits per heavy atom. The van der Waals surface area contributed by atoms with Crippen molar-refractivity contribution >= 4 is 27.6 Å². The van der Waals surface area contributed by atoms with E-state index in [0.717, 1.165) is 31.2 Å². The van der Waals surface area contributed by atoms with Gasteiger partial charge >= 0.3 is 0 Å². The zero-order valence-corrected chi connectivity index (χ0v) is 23.9. The molecule has 2 aliphatic rings. The van der Waals surface area contributed by atoms with Crippen LogP contribution in [0.5, 0.6) is 0 Å². The molecule has 3 N–H and O–H groups in total. The lowest BCUT2D eigenvalue weighted by atomic mass is 9.92. The fraction of sp³-hybridized carbons (Fsp3) is 0.481. The first-order valence-corrected chi connectivity index (χ1v) is 15.7. The van der Waals surface area contributed by atoms with Gasteiger partial charge in [0, 0.05) is 43.5 Å². The normalized spacial score (nSPS) is 20.8. The molecule has 2 fully saturated rings. The molecule has 0 radical (unpaired) electrons. The van der Waals surface area contributed by atoms with E-state index in [4.69, 9.17) is 11.6 Å². The number of aromatic nitrogens is 4. The van der Waals surface area contributed by atoms with Crippen LogP contribution in [0.4, 0.5) is 5.95 Å². The summed E-state index contributed by atoms with van der Waals surface area (Å²) in [6.07, 6.45) is 11.1. The highest BCUT2D eigenvalue weighted by Crippen LogP contribution is 2.27. The number of nitrogens with zero attached hydrogens (tertiary/aromatic N) is 6. The molecule has 0 bridgehead atoms.